The molecule has 14 heavy (non-hydrogen) atoms. The van der Waals surface area contributed by atoms with Gasteiger partial charge in [-0.05, 0) is 6.92 Å². The fraction of sp³-hybridized carbons (Fsp3) is 0.714. The minimum Gasteiger partial charge on any atom is -0.324 e. The monoisotopic (exact) mass is 210 g/mol. The molecule has 0 aromatic carbocycles. The number of amides is 3. The molecule has 80 valence electrons. The van der Waals surface area contributed by atoms with Gasteiger partial charge in [0.25, 0.3) is 0 Å². The molecule has 0 bridgehead atoms. The highest BCUT2D eigenvalue weighted by atomic mass is 19.4. The van der Waals surface area contributed by atoms with Crippen molar-refractivity contribution in [3.8, 4) is 0 Å². The number of hydrogen-bond acceptors (Lipinski definition) is 2. The molecule has 0 aromatic heterocycles. The summed E-state index contributed by atoms with van der Waals surface area (Å²) in [4.78, 5) is 22.7. The molecule has 4 nitrogen and oxygen atoms in total. The van der Waals surface area contributed by atoms with Gasteiger partial charge in [0.2, 0.25) is 5.91 Å². The molecule has 2 atom stereocenters. The maximum absolute atomic E-state index is 12.3. The van der Waals surface area contributed by atoms with Crippen LogP contribution in [0.4, 0.5) is 18.0 Å². The number of nitrogens with zero attached hydrogens (tertiary/aromatic N) is 1. The predicted molar refractivity (Wildman–Crippen MR) is 40.3 cm³/mol. The minimum absolute atomic E-state index is 0.803. The van der Waals surface area contributed by atoms with Crippen molar-refractivity contribution in [1.29, 1.82) is 0 Å². The molecule has 0 aromatic rings. The first kappa shape index (κ1) is 10.8. The summed E-state index contributed by atoms with van der Waals surface area (Å²) >= 11 is 0. The van der Waals surface area contributed by atoms with E-state index >= 15 is 0 Å². The van der Waals surface area contributed by atoms with Crippen molar-refractivity contribution in [1.82, 2.24) is 10.2 Å². The lowest BCUT2D eigenvalue weighted by Crippen LogP contribution is -2.61. The van der Waals surface area contributed by atoms with E-state index in [0.717, 1.165) is 4.90 Å². The normalized spacial score (nSPS) is 29.1. The molecule has 1 fully saturated rings. The quantitative estimate of drug-likeness (QED) is 0.640. The van der Waals surface area contributed by atoms with Crippen LogP contribution in [0.2, 0.25) is 0 Å². The Hall–Kier alpha value is -1.27. The van der Waals surface area contributed by atoms with Crippen LogP contribution in [0, 0.1) is 5.92 Å². The van der Waals surface area contributed by atoms with Crippen LogP contribution in [0.15, 0.2) is 0 Å². The Morgan fingerprint density at radius 2 is 1.86 bits per heavy atom. The van der Waals surface area contributed by atoms with Crippen molar-refractivity contribution in [2.45, 2.75) is 19.1 Å². The Morgan fingerprint density at radius 1 is 1.36 bits per heavy atom. The molecule has 0 aliphatic carbocycles. The third-order valence-electron chi connectivity index (χ3n) is 2.28. The van der Waals surface area contributed by atoms with E-state index in [-0.39, 0.29) is 0 Å². The lowest BCUT2D eigenvalue weighted by molar-refractivity contribution is -0.194. The average molecular weight is 210 g/mol. The largest absolute Gasteiger partial charge is 0.402 e. The molecule has 0 spiro atoms. The summed E-state index contributed by atoms with van der Waals surface area (Å²) in [5.41, 5.74) is 0. The number of imide groups is 1. The minimum atomic E-state index is -4.63. The number of hydrogen-bond donors (Lipinski definition) is 1. The third-order valence-corrected chi connectivity index (χ3v) is 2.28. The first-order valence-corrected chi connectivity index (χ1v) is 3.89. The molecule has 1 N–H and O–H groups in total. The van der Waals surface area contributed by atoms with Crippen LogP contribution >= 0.6 is 0 Å². The number of alkyl halides is 3. The molecule has 0 radical (unpaired) electrons. The first-order chi connectivity index (χ1) is 6.25. The molecular weight excluding hydrogens is 201 g/mol. The highest BCUT2D eigenvalue weighted by molar-refractivity contribution is 5.98. The van der Waals surface area contributed by atoms with Gasteiger partial charge in [0, 0.05) is 7.05 Å². The van der Waals surface area contributed by atoms with Gasteiger partial charge < -0.3 is 4.90 Å². The molecule has 7 heteroatoms. The van der Waals surface area contributed by atoms with E-state index in [1.807, 2.05) is 0 Å². The fourth-order valence-corrected chi connectivity index (χ4v) is 1.32. The number of carbonyl (C=O) groups is 2. The molecule has 1 rings (SSSR count). The van der Waals surface area contributed by atoms with Crippen molar-refractivity contribution >= 4 is 11.9 Å². The second-order valence-electron chi connectivity index (χ2n) is 3.17. The van der Waals surface area contributed by atoms with Gasteiger partial charge in [0.15, 0.2) is 5.92 Å². The van der Waals surface area contributed by atoms with Gasteiger partial charge in [-0.1, -0.05) is 0 Å². The maximum Gasteiger partial charge on any atom is 0.402 e. The third kappa shape index (κ3) is 1.66. The van der Waals surface area contributed by atoms with Crippen LogP contribution in [-0.4, -0.2) is 36.1 Å². The van der Waals surface area contributed by atoms with Crippen molar-refractivity contribution in [3.05, 3.63) is 0 Å². The molecular formula is C7H9F3N2O2. The van der Waals surface area contributed by atoms with E-state index in [1.165, 1.54) is 14.0 Å². The van der Waals surface area contributed by atoms with Crippen LogP contribution in [-0.2, 0) is 4.79 Å². The standard InChI is InChI=1S/C7H9F3N2O2/c1-3-4(7(8,9)10)5(13)11-6(14)12(3)2/h3-4H,1-2H3,(H,11,13,14)/t3?,4-/m0/s1. The van der Waals surface area contributed by atoms with Crippen molar-refractivity contribution in [2.75, 3.05) is 7.05 Å². The van der Waals surface area contributed by atoms with Crippen LogP contribution in [0.3, 0.4) is 0 Å². The molecule has 1 aliphatic heterocycles. The van der Waals surface area contributed by atoms with E-state index in [0.29, 0.717) is 0 Å². The summed E-state index contributed by atoms with van der Waals surface area (Å²) in [7, 11) is 1.21. The van der Waals surface area contributed by atoms with E-state index in [4.69, 9.17) is 0 Å². The van der Waals surface area contributed by atoms with E-state index in [2.05, 4.69) is 0 Å². The maximum atomic E-state index is 12.3. The fourth-order valence-electron chi connectivity index (χ4n) is 1.32. The van der Waals surface area contributed by atoms with E-state index in [1.54, 1.807) is 5.32 Å². The summed E-state index contributed by atoms with van der Waals surface area (Å²) in [5, 5.41) is 1.64. The van der Waals surface area contributed by atoms with Crippen molar-refractivity contribution in [2.24, 2.45) is 5.92 Å². The van der Waals surface area contributed by atoms with Gasteiger partial charge in [0.1, 0.15) is 0 Å². The summed E-state index contributed by atoms with van der Waals surface area (Å²) < 4.78 is 37.0. The van der Waals surface area contributed by atoms with Gasteiger partial charge in [-0.2, -0.15) is 13.2 Å². The smallest absolute Gasteiger partial charge is 0.324 e. The predicted octanol–water partition coefficient (Wildman–Crippen LogP) is 0.735. The lowest BCUT2D eigenvalue weighted by atomic mass is 9.96. The van der Waals surface area contributed by atoms with Gasteiger partial charge >= 0.3 is 12.2 Å². The van der Waals surface area contributed by atoms with Gasteiger partial charge in [0.05, 0.1) is 6.04 Å². The SMILES string of the molecule is CC1[C@H](C(F)(F)F)C(=O)NC(=O)N1C. The van der Waals surface area contributed by atoms with Crippen LogP contribution in [0.5, 0.6) is 0 Å². The Bertz CT molecular complexity index is 277. The van der Waals surface area contributed by atoms with Crippen LogP contribution < -0.4 is 5.32 Å². The van der Waals surface area contributed by atoms with Crippen molar-refractivity contribution < 1.29 is 22.8 Å². The Morgan fingerprint density at radius 3 is 2.29 bits per heavy atom. The highest BCUT2D eigenvalue weighted by Crippen LogP contribution is 2.32. The Kier molecular flexibility index (Phi) is 2.43. The second-order valence-corrected chi connectivity index (χ2v) is 3.17. The van der Waals surface area contributed by atoms with Gasteiger partial charge in [-0.15, -0.1) is 0 Å². The molecule has 1 aliphatic rings. The number of rotatable bonds is 0. The second kappa shape index (κ2) is 3.14. The van der Waals surface area contributed by atoms with E-state index in [9.17, 15) is 22.8 Å². The van der Waals surface area contributed by atoms with Crippen molar-refractivity contribution in [3.63, 3.8) is 0 Å². The first-order valence-electron chi connectivity index (χ1n) is 3.89. The molecule has 1 unspecified atom stereocenters. The summed E-state index contributed by atoms with van der Waals surface area (Å²) in [6.07, 6.45) is -4.63. The van der Waals surface area contributed by atoms with Gasteiger partial charge in [-0.25, -0.2) is 4.79 Å². The lowest BCUT2D eigenvalue weighted by Gasteiger charge is -2.36. The Balaban J connectivity index is 2.96. The van der Waals surface area contributed by atoms with Crippen LogP contribution in [0.25, 0.3) is 0 Å². The zero-order chi connectivity index (χ0) is 11.1. The topological polar surface area (TPSA) is 49.4 Å². The van der Waals surface area contributed by atoms with Gasteiger partial charge in [-0.3, -0.25) is 10.1 Å². The Labute approximate surface area is 78.1 Å². The average Bonchev–Trinajstić information content (AvgIpc) is 1.97. The highest BCUT2D eigenvalue weighted by Gasteiger charge is 2.53. The zero-order valence-electron chi connectivity index (χ0n) is 7.55. The summed E-state index contributed by atoms with van der Waals surface area (Å²) in [6.45, 7) is 1.19. The summed E-state index contributed by atoms with van der Waals surface area (Å²) in [5.74, 6) is -3.43. The number of halogens is 3. The zero-order valence-corrected chi connectivity index (χ0v) is 7.55. The van der Waals surface area contributed by atoms with Crippen LogP contribution in [0.1, 0.15) is 6.92 Å². The molecule has 1 heterocycles. The van der Waals surface area contributed by atoms with E-state index < -0.39 is 30.1 Å². The molecule has 3 amide bonds. The number of carbonyl (C=O) groups excluding carboxylic acids is 2. The number of nitrogens with one attached hydrogen (secondary N) is 1. The summed E-state index contributed by atoms with van der Waals surface area (Å²) in [6, 6.07) is -1.97. The molecule has 1 saturated heterocycles. The number of urea groups is 1. The molecule has 0 saturated carbocycles.